The van der Waals surface area contributed by atoms with Crippen molar-refractivity contribution in [2.75, 3.05) is 11.9 Å². The van der Waals surface area contributed by atoms with Gasteiger partial charge in [-0.1, -0.05) is 23.7 Å². The molecule has 0 atom stereocenters. The van der Waals surface area contributed by atoms with E-state index in [0.29, 0.717) is 22.2 Å². The van der Waals surface area contributed by atoms with Crippen molar-refractivity contribution in [2.45, 2.75) is 0 Å². The highest BCUT2D eigenvalue weighted by atomic mass is 35.5. The van der Waals surface area contributed by atoms with E-state index in [1.165, 1.54) is 6.20 Å². The second-order valence-electron chi connectivity index (χ2n) is 3.81. The number of anilines is 1. The molecule has 2 rings (SSSR count). The van der Waals surface area contributed by atoms with Gasteiger partial charge in [0.2, 0.25) is 0 Å². The molecule has 6 heteroatoms. The number of carbonyl (C=O) groups excluding carboxylic acids is 1. The van der Waals surface area contributed by atoms with Crippen LogP contribution in [0.5, 0.6) is 5.75 Å². The van der Waals surface area contributed by atoms with Gasteiger partial charge in [0.25, 0.3) is 5.91 Å². The molecule has 1 heterocycles. The maximum absolute atomic E-state index is 11.7. The number of ether oxygens (including phenoxy) is 1. The first-order valence-corrected chi connectivity index (χ1v) is 6.10. The van der Waals surface area contributed by atoms with Crippen molar-refractivity contribution in [3.8, 4) is 11.8 Å². The fourth-order valence-electron chi connectivity index (χ4n) is 1.46. The van der Waals surface area contributed by atoms with Gasteiger partial charge in [-0.2, -0.15) is 5.26 Å². The van der Waals surface area contributed by atoms with Crippen LogP contribution in [-0.2, 0) is 4.79 Å². The standard InChI is InChI=1S/C14H10ClN3O2/c15-11-5-6-13(17-8-11)18-14(19)9-20-12-4-2-1-3-10(12)7-16/h1-6,8H,9H2,(H,17,18,19). The van der Waals surface area contributed by atoms with Gasteiger partial charge < -0.3 is 10.1 Å². The molecule has 0 aliphatic rings. The summed E-state index contributed by atoms with van der Waals surface area (Å²) in [6.45, 7) is -0.205. The molecule has 100 valence electrons. The summed E-state index contributed by atoms with van der Waals surface area (Å²) in [6, 6.07) is 11.9. The number of amides is 1. The van der Waals surface area contributed by atoms with Crippen LogP contribution in [-0.4, -0.2) is 17.5 Å². The van der Waals surface area contributed by atoms with Crippen LogP contribution in [0, 0.1) is 11.3 Å². The highest BCUT2D eigenvalue weighted by molar-refractivity contribution is 6.30. The van der Waals surface area contributed by atoms with Gasteiger partial charge in [0.15, 0.2) is 6.61 Å². The van der Waals surface area contributed by atoms with E-state index in [9.17, 15) is 4.79 Å². The van der Waals surface area contributed by atoms with E-state index in [1.54, 1.807) is 36.4 Å². The number of para-hydroxylation sites is 1. The Balaban J connectivity index is 1.92. The number of hydrogen-bond acceptors (Lipinski definition) is 4. The average Bonchev–Trinajstić information content (AvgIpc) is 2.48. The van der Waals surface area contributed by atoms with Crippen LogP contribution < -0.4 is 10.1 Å². The van der Waals surface area contributed by atoms with Gasteiger partial charge in [-0.15, -0.1) is 0 Å². The first-order chi connectivity index (χ1) is 9.69. The number of halogens is 1. The Hall–Kier alpha value is -2.58. The van der Waals surface area contributed by atoms with E-state index in [4.69, 9.17) is 21.6 Å². The largest absolute Gasteiger partial charge is 0.482 e. The van der Waals surface area contributed by atoms with Crippen LogP contribution in [0.1, 0.15) is 5.56 Å². The fraction of sp³-hybridized carbons (Fsp3) is 0.0714. The third kappa shape index (κ3) is 3.70. The Bertz CT molecular complexity index is 650. The smallest absolute Gasteiger partial charge is 0.263 e. The molecular weight excluding hydrogens is 278 g/mol. The summed E-state index contributed by atoms with van der Waals surface area (Å²) < 4.78 is 5.30. The van der Waals surface area contributed by atoms with Crippen molar-refractivity contribution in [1.82, 2.24) is 4.98 Å². The molecule has 5 nitrogen and oxygen atoms in total. The van der Waals surface area contributed by atoms with E-state index in [-0.39, 0.29) is 12.5 Å². The number of nitrogens with one attached hydrogen (secondary N) is 1. The minimum atomic E-state index is -0.368. The first kappa shape index (κ1) is 13.8. The first-order valence-electron chi connectivity index (χ1n) is 5.72. The minimum absolute atomic E-state index is 0.205. The monoisotopic (exact) mass is 287 g/mol. The number of pyridine rings is 1. The molecule has 1 aromatic heterocycles. The summed E-state index contributed by atoms with van der Waals surface area (Å²) in [6.07, 6.45) is 1.43. The lowest BCUT2D eigenvalue weighted by atomic mass is 10.2. The van der Waals surface area contributed by atoms with Gasteiger partial charge in [-0.05, 0) is 24.3 Å². The fourth-order valence-corrected chi connectivity index (χ4v) is 1.57. The van der Waals surface area contributed by atoms with Gasteiger partial charge >= 0.3 is 0 Å². The Morgan fingerprint density at radius 2 is 2.15 bits per heavy atom. The number of aromatic nitrogens is 1. The molecule has 0 fully saturated rings. The number of nitriles is 1. The van der Waals surface area contributed by atoms with E-state index < -0.39 is 0 Å². The normalized spacial score (nSPS) is 9.60. The molecule has 0 saturated heterocycles. The van der Waals surface area contributed by atoms with E-state index in [2.05, 4.69) is 10.3 Å². The predicted molar refractivity (Wildman–Crippen MR) is 74.5 cm³/mol. The SMILES string of the molecule is N#Cc1ccccc1OCC(=O)Nc1ccc(Cl)cn1. The summed E-state index contributed by atoms with van der Waals surface area (Å²) >= 11 is 5.69. The molecule has 0 aliphatic heterocycles. The summed E-state index contributed by atoms with van der Waals surface area (Å²) in [7, 11) is 0. The molecule has 1 aromatic carbocycles. The second kappa shape index (κ2) is 6.55. The lowest BCUT2D eigenvalue weighted by Crippen LogP contribution is -2.20. The number of nitrogens with zero attached hydrogens (tertiary/aromatic N) is 2. The van der Waals surface area contributed by atoms with Gasteiger partial charge in [0.05, 0.1) is 10.6 Å². The van der Waals surface area contributed by atoms with Crippen molar-refractivity contribution in [1.29, 1.82) is 5.26 Å². The van der Waals surface area contributed by atoms with Gasteiger partial charge in [-0.3, -0.25) is 4.79 Å². The molecule has 0 radical (unpaired) electrons. The van der Waals surface area contributed by atoms with Crippen molar-refractivity contribution in [3.63, 3.8) is 0 Å². The molecule has 1 amide bonds. The molecule has 0 saturated carbocycles. The third-order valence-electron chi connectivity index (χ3n) is 2.36. The average molecular weight is 288 g/mol. The molecule has 20 heavy (non-hydrogen) atoms. The maximum atomic E-state index is 11.7. The summed E-state index contributed by atoms with van der Waals surface area (Å²) in [5.74, 6) is 0.387. The van der Waals surface area contributed by atoms with E-state index in [1.807, 2.05) is 6.07 Å². The van der Waals surface area contributed by atoms with Crippen molar-refractivity contribution in [3.05, 3.63) is 53.2 Å². The van der Waals surface area contributed by atoms with Crippen molar-refractivity contribution >= 4 is 23.3 Å². The molecule has 1 N–H and O–H groups in total. The zero-order chi connectivity index (χ0) is 14.4. The minimum Gasteiger partial charge on any atom is -0.482 e. The van der Waals surface area contributed by atoms with Gasteiger partial charge in [-0.25, -0.2) is 4.98 Å². The molecule has 0 aliphatic carbocycles. The van der Waals surface area contributed by atoms with E-state index >= 15 is 0 Å². The van der Waals surface area contributed by atoms with E-state index in [0.717, 1.165) is 0 Å². The van der Waals surface area contributed by atoms with Gasteiger partial charge in [0.1, 0.15) is 17.6 Å². The zero-order valence-electron chi connectivity index (χ0n) is 10.3. The van der Waals surface area contributed by atoms with Crippen LogP contribution in [0.4, 0.5) is 5.82 Å². The third-order valence-corrected chi connectivity index (χ3v) is 2.58. The van der Waals surface area contributed by atoms with Crippen LogP contribution in [0.2, 0.25) is 5.02 Å². The maximum Gasteiger partial charge on any atom is 0.263 e. The second-order valence-corrected chi connectivity index (χ2v) is 4.24. The highest BCUT2D eigenvalue weighted by Gasteiger charge is 2.07. The molecule has 2 aromatic rings. The Labute approximate surface area is 120 Å². The predicted octanol–water partition coefficient (Wildman–Crippen LogP) is 2.62. The number of benzene rings is 1. The molecule has 0 bridgehead atoms. The number of hydrogen-bond donors (Lipinski definition) is 1. The zero-order valence-corrected chi connectivity index (χ0v) is 11.1. The van der Waals surface area contributed by atoms with Crippen molar-refractivity contribution < 1.29 is 9.53 Å². The Morgan fingerprint density at radius 3 is 2.85 bits per heavy atom. The van der Waals surface area contributed by atoms with Gasteiger partial charge in [0, 0.05) is 6.20 Å². The number of rotatable bonds is 4. The Kier molecular flexibility index (Phi) is 4.53. The molecule has 0 spiro atoms. The summed E-state index contributed by atoms with van der Waals surface area (Å²) in [5, 5.41) is 11.9. The quantitative estimate of drug-likeness (QED) is 0.938. The lowest BCUT2D eigenvalue weighted by molar-refractivity contribution is -0.118. The van der Waals surface area contributed by atoms with Crippen LogP contribution in [0.25, 0.3) is 0 Å². The van der Waals surface area contributed by atoms with Crippen LogP contribution in [0.15, 0.2) is 42.6 Å². The lowest BCUT2D eigenvalue weighted by Gasteiger charge is -2.08. The summed E-state index contributed by atoms with van der Waals surface area (Å²) in [5.41, 5.74) is 0.380. The van der Waals surface area contributed by atoms with Crippen molar-refractivity contribution in [2.24, 2.45) is 0 Å². The topological polar surface area (TPSA) is 75.0 Å². The molecule has 0 unspecified atom stereocenters. The molecular formula is C14H10ClN3O2. The summed E-state index contributed by atoms with van der Waals surface area (Å²) in [4.78, 5) is 15.6. The number of carbonyl (C=O) groups is 1. The van der Waals surface area contributed by atoms with Crippen LogP contribution in [0.3, 0.4) is 0 Å². The highest BCUT2D eigenvalue weighted by Crippen LogP contribution is 2.16. The Morgan fingerprint density at radius 1 is 1.35 bits per heavy atom. The van der Waals surface area contributed by atoms with Crippen LogP contribution >= 0.6 is 11.6 Å².